The van der Waals surface area contributed by atoms with Gasteiger partial charge in [0.15, 0.2) is 0 Å². The fraction of sp³-hybridized carbons (Fsp3) is 0.0625. The van der Waals surface area contributed by atoms with Gasteiger partial charge in [-0.1, -0.05) is 78.4 Å². The average Bonchev–Trinajstić information content (AvgIpc) is 3.40. The number of ether oxygens (including phenoxy) is 1. The first kappa shape index (κ1) is 25.7. The van der Waals surface area contributed by atoms with Crippen LogP contribution in [0.2, 0.25) is 0 Å². The third-order valence-electron chi connectivity index (χ3n) is 6.14. The largest absolute Gasteiger partial charge is 0.489 e. The van der Waals surface area contributed by atoms with Gasteiger partial charge in [-0.25, -0.2) is 13.1 Å². The van der Waals surface area contributed by atoms with Gasteiger partial charge in [-0.3, -0.25) is 0 Å². The van der Waals surface area contributed by atoms with Crippen LogP contribution < -0.4 is 4.74 Å². The molecule has 1 aromatic heterocycles. The van der Waals surface area contributed by atoms with Crippen LogP contribution >= 0.6 is 0 Å². The fourth-order valence-corrected chi connectivity index (χ4v) is 5.22. The van der Waals surface area contributed by atoms with Crippen molar-refractivity contribution < 1.29 is 13.2 Å². The standard InChI is InChI=1S/C32H25N3O3S/c1-24-15-17-25(18-16-24)23-38-29-12-8-9-26(19-29)32-27(22-35(34-32)28-10-4-2-5-11-28)20-31(21-33)39(36,37)30-13-6-3-7-14-30/h2-20,22H,23H2,1H3/b31-20-. The molecule has 0 atom stereocenters. The first-order valence-corrected chi connectivity index (χ1v) is 13.8. The second-order valence-electron chi connectivity index (χ2n) is 8.95. The van der Waals surface area contributed by atoms with Crippen molar-refractivity contribution >= 4 is 15.9 Å². The highest BCUT2D eigenvalue weighted by Gasteiger charge is 2.22. The summed E-state index contributed by atoms with van der Waals surface area (Å²) in [5.41, 5.74) is 4.77. The second kappa shape index (κ2) is 11.2. The summed E-state index contributed by atoms with van der Waals surface area (Å²) in [7, 11) is -4.02. The molecular formula is C32H25N3O3S. The molecule has 192 valence electrons. The van der Waals surface area contributed by atoms with Gasteiger partial charge >= 0.3 is 0 Å². The van der Waals surface area contributed by atoms with E-state index >= 15 is 0 Å². The lowest BCUT2D eigenvalue weighted by Gasteiger charge is -2.08. The lowest BCUT2D eigenvalue weighted by Crippen LogP contribution is -2.03. The van der Waals surface area contributed by atoms with Crippen molar-refractivity contribution in [1.82, 2.24) is 9.78 Å². The van der Waals surface area contributed by atoms with Gasteiger partial charge < -0.3 is 4.74 Å². The van der Waals surface area contributed by atoms with Crippen LogP contribution in [0.3, 0.4) is 0 Å². The first-order chi connectivity index (χ1) is 18.9. The molecule has 5 aromatic rings. The number of nitrogens with zero attached hydrogens (tertiary/aromatic N) is 3. The Morgan fingerprint density at radius 1 is 0.923 bits per heavy atom. The highest BCUT2D eigenvalue weighted by atomic mass is 32.2. The van der Waals surface area contributed by atoms with E-state index in [1.807, 2.05) is 91.9 Å². The molecule has 0 aliphatic heterocycles. The molecule has 1 heterocycles. The maximum absolute atomic E-state index is 13.2. The Kier molecular flexibility index (Phi) is 7.39. The zero-order valence-electron chi connectivity index (χ0n) is 21.2. The van der Waals surface area contributed by atoms with Crippen molar-refractivity contribution in [3.05, 3.63) is 137 Å². The van der Waals surface area contributed by atoms with Crippen LogP contribution in [0.5, 0.6) is 5.75 Å². The number of para-hydroxylation sites is 1. The Morgan fingerprint density at radius 2 is 1.62 bits per heavy atom. The lowest BCUT2D eigenvalue weighted by molar-refractivity contribution is 0.306. The first-order valence-electron chi connectivity index (χ1n) is 12.3. The number of benzene rings is 4. The molecule has 6 nitrogen and oxygen atoms in total. The van der Waals surface area contributed by atoms with Crippen molar-refractivity contribution in [3.63, 3.8) is 0 Å². The number of sulfone groups is 1. The van der Waals surface area contributed by atoms with Crippen molar-refractivity contribution in [1.29, 1.82) is 5.26 Å². The molecule has 0 saturated heterocycles. The average molecular weight is 532 g/mol. The molecule has 0 amide bonds. The summed E-state index contributed by atoms with van der Waals surface area (Å²) in [5, 5.41) is 14.6. The van der Waals surface area contributed by atoms with E-state index in [0.717, 1.165) is 16.8 Å². The SMILES string of the molecule is Cc1ccc(COc2cccc(-c3nn(-c4ccccc4)cc3/C=C(/C#N)S(=O)(=O)c3ccccc3)c2)cc1. The zero-order chi connectivity index (χ0) is 27.2. The van der Waals surface area contributed by atoms with E-state index in [0.29, 0.717) is 23.6 Å². The predicted octanol–water partition coefficient (Wildman–Crippen LogP) is 6.77. The summed E-state index contributed by atoms with van der Waals surface area (Å²) in [6.45, 7) is 2.44. The minimum absolute atomic E-state index is 0.0568. The van der Waals surface area contributed by atoms with E-state index < -0.39 is 9.84 Å². The molecule has 0 spiro atoms. The third kappa shape index (κ3) is 5.82. The van der Waals surface area contributed by atoms with Gasteiger partial charge in [0.2, 0.25) is 9.84 Å². The second-order valence-corrected chi connectivity index (χ2v) is 10.9. The van der Waals surface area contributed by atoms with E-state index in [-0.39, 0.29) is 9.80 Å². The molecule has 7 heteroatoms. The van der Waals surface area contributed by atoms with Crippen LogP contribution in [0.1, 0.15) is 16.7 Å². The molecule has 0 saturated carbocycles. The van der Waals surface area contributed by atoms with E-state index in [4.69, 9.17) is 9.84 Å². The summed E-state index contributed by atoms with van der Waals surface area (Å²) < 4.78 is 34.2. The smallest absolute Gasteiger partial charge is 0.216 e. The fourth-order valence-electron chi connectivity index (χ4n) is 4.05. The highest BCUT2D eigenvalue weighted by molar-refractivity contribution is 7.95. The quantitative estimate of drug-likeness (QED) is 0.206. The van der Waals surface area contributed by atoms with Crippen molar-refractivity contribution in [2.45, 2.75) is 18.4 Å². The minimum atomic E-state index is -4.02. The summed E-state index contributed by atoms with van der Waals surface area (Å²) in [5.74, 6) is 0.648. The molecule has 0 N–H and O–H groups in total. The topological polar surface area (TPSA) is 85.0 Å². The summed E-state index contributed by atoms with van der Waals surface area (Å²) in [6, 6.07) is 34.9. The number of aryl methyl sites for hydroxylation is 1. The van der Waals surface area contributed by atoms with Gasteiger partial charge in [-0.2, -0.15) is 10.4 Å². The number of hydrogen-bond acceptors (Lipinski definition) is 5. The van der Waals surface area contributed by atoms with Crippen molar-refractivity contribution in [3.8, 4) is 28.8 Å². The maximum atomic E-state index is 13.2. The highest BCUT2D eigenvalue weighted by Crippen LogP contribution is 2.30. The van der Waals surface area contributed by atoms with Gasteiger partial charge in [0, 0.05) is 17.3 Å². The van der Waals surface area contributed by atoms with Crippen molar-refractivity contribution in [2.75, 3.05) is 0 Å². The number of rotatable bonds is 8. The molecule has 4 aromatic carbocycles. The molecule has 0 bridgehead atoms. The summed E-state index contributed by atoms with van der Waals surface area (Å²) in [4.78, 5) is -0.310. The molecular weight excluding hydrogens is 506 g/mol. The Morgan fingerprint density at radius 3 is 2.31 bits per heavy atom. The van der Waals surface area contributed by atoms with Crippen molar-refractivity contribution in [2.24, 2.45) is 0 Å². The lowest BCUT2D eigenvalue weighted by atomic mass is 10.1. The van der Waals surface area contributed by atoms with E-state index in [1.165, 1.54) is 23.8 Å². The predicted molar refractivity (Wildman–Crippen MR) is 152 cm³/mol. The monoisotopic (exact) mass is 531 g/mol. The normalized spacial score (nSPS) is 11.6. The summed E-state index contributed by atoms with van der Waals surface area (Å²) in [6.07, 6.45) is 3.10. The van der Waals surface area contributed by atoms with Gasteiger partial charge in [0.05, 0.1) is 10.6 Å². The van der Waals surface area contributed by atoms with Crippen LogP contribution in [0.15, 0.2) is 125 Å². The van der Waals surface area contributed by atoms with Gasteiger partial charge in [-0.15, -0.1) is 0 Å². The maximum Gasteiger partial charge on any atom is 0.216 e. The van der Waals surface area contributed by atoms with E-state index in [2.05, 4.69) is 0 Å². The Labute approximate surface area is 228 Å². The van der Waals surface area contributed by atoms with E-state index in [9.17, 15) is 13.7 Å². The number of allylic oxidation sites excluding steroid dienone is 1. The van der Waals surface area contributed by atoms with Crippen LogP contribution in [-0.4, -0.2) is 18.2 Å². The molecule has 0 aliphatic rings. The Bertz CT molecular complexity index is 1770. The molecule has 0 aliphatic carbocycles. The van der Waals surface area contributed by atoms with Gasteiger partial charge in [-0.05, 0) is 55.0 Å². The molecule has 0 radical (unpaired) electrons. The molecule has 0 unspecified atom stereocenters. The number of aromatic nitrogens is 2. The molecule has 39 heavy (non-hydrogen) atoms. The van der Waals surface area contributed by atoms with Crippen LogP contribution in [0.4, 0.5) is 0 Å². The molecule has 0 fully saturated rings. The minimum Gasteiger partial charge on any atom is -0.489 e. The molecule has 5 rings (SSSR count). The Hall–Kier alpha value is -4.93. The number of hydrogen-bond donors (Lipinski definition) is 0. The zero-order valence-corrected chi connectivity index (χ0v) is 22.0. The Balaban J connectivity index is 1.55. The van der Waals surface area contributed by atoms with Crippen LogP contribution in [0.25, 0.3) is 23.0 Å². The van der Waals surface area contributed by atoms with E-state index in [1.54, 1.807) is 29.1 Å². The van der Waals surface area contributed by atoms with Gasteiger partial charge in [0.25, 0.3) is 0 Å². The summed E-state index contributed by atoms with van der Waals surface area (Å²) >= 11 is 0. The van der Waals surface area contributed by atoms with Gasteiger partial charge in [0.1, 0.15) is 29.0 Å². The van der Waals surface area contributed by atoms with Crippen LogP contribution in [-0.2, 0) is 16.4 Å². The third-order valence-corrected chi connectivity index (χ3v) is 7.82. The van der Waals surface area contributed by atoms with Crippen LogP contribution in [0, 0.1) is 18.3 Å². The number of nitriles is 1.